The molecule has 4 nitrogen and oxygen atoms in total. The monoisotopic (exact) mass is 329 g/mol. The molecule has 130 valence electrons. The Morgan fingerprint density at radius 3 is 2.75 bits per heavy atom. The molecule has 1 aromatic heterocycles. The van der Waals surface area contributed by atoms with E-state index < -0.39 is 5.79 Å². The number of aromatic nitrogens is 1. The summed E-state index contributed by atoms with van der Waals surface area (Å²) in [5.41, 5.74) is 1.77. The topological polar surface area (TPSA) is 44.5 Å². The van der Waals surface area contributed by atoms with Crippen molar-refractivity contribution in [2.45, 2.75) is 45.3 Å². The normalized spacial score (nSPS) is 15.7. The molecule has 0 saturated heterocycles. The molecule has 0 saturated carbocycles. The number of rotatable bonds is 9. The second-order valence-electron chi connectivity index (χ2n) is 5.82. The predicted molar refractivity (Wildman–Crippen MR) is 97.0 cm³/mol. The maximum atomic E-state index is 5.79. The van der Waals surface area contributed by atoms with E-state index in [2.05, 4.69) is 30.8 Å². The van der Waals surface area contributed by atoms with Crippen molar-refractivity contribution in [2.75, 3.05) is 13.7 Å². The van der Waals surface area contributed by atoms with Crippen molar-refractivity contribution in [1.82, 2.24) is 5.16 Å². The van der Waals surface area contributed by atoms with Gasteiger partial charge in [0.2, 0.25) is 0 Å². The second kappa shape index (κ2) is 8.27. The highest BCUT2D eigenvalue weighted by atomic mass is 16.7. The van der Waals surface area contributed by atoms with Gasteiger partial charge >= 0.3 is 0 Å². The molecule has 24 heavy (non-hydrogen) atoms. The van der Waals surface area contributed by atoms with Gasteiger partial charge in [0, 0.05) is 30.6 Å². The van der Waals surface area contributed by atoms with Crippen LogP contribution in [0.5, 0.6) is 0 Å². The van der Waals surface area contributed by atoms with Crippen LogP contribution in [0.3, 0.4) is 0 Å². The summed E-state index contributed by atoms with van der Waals surface area (Å²) < 4.78 is 17.0. The van der Waals surface area contributed by atoms with Crippen LogP contribution >= 0.6 is 0 Å². The number of ether oxygens (including phenoxy) is 2. The Kier molecular flexibility index (Phi) is 6.35. The number of nitrogens with zero attached hydrogens (tertiary/aromatic N) is 1. The summed E-state index contributed by atoms with van der Waals surface area (Å²) >= 11 is 0. The van der Waals surface area contributed by atoms with E-state index in [0.29, 0.717) is 6.61 Å². The van der Waals surface area contributed by atoms with Gasteiger partial charge in [-0.15, -0.1) is 6.58 Å². The molecule has 1 heterocycles. The van der Waals surface area contributed by atoms with E-state index in [1.165, 1.54) is 0 Å². The Labute approximate surface area is 144 Å². The molecule has 0 bridgehead atoms. The van der Waals surface area contributed by atoms with Crippen LogP contribution < -0.4 is 0 Å². The third kappa shape index (κ3) is 3.77. The van der Waals surface area contributed by atoms with Crippen molar-refractivity contribution < 1.29 is 14.0 Å². The molecule has 0 N–H and O–H groups in total. The van der Waals surface area contributed by atoms with Crippen LogP contribution in [-0.4, -0.2) is 18.9 Å². The molecule has 1 aromatic carbocycles. The summed E-state index contributed by atoms with van der Waals surface area (Å²) in [6.45, 7) is 10.5. The van der Waals surface area contributed by atoms with Crippen LogP contribution in [-0.2, 0) is 15.3 Å². The molecule has 2 aromatic rings. The molecule has 2 unspecified atom stereocenters. The van der Waals surface area contributed by atoms with E-state index in [-0.39, 0.29) is 5.92 Å². The standard InChI is InChI=1S/C20H27NO3/c1-6-9-10-11-15(7-2)19-17-14-16(12-13-18(17)21-24-19)20(4,22-5)23-8-3/h7,9-10,12-15H,2,6,8,11H2,1,3-5H3/b10-9-. The van der Waals surface area contributed by atoms with Gasteiger partial charge in [0.1, 0.15) is 5.52 Å². The molecule has 2 atom stereocenters. The number of fused-ring (bicyclic) bond motifs is 1. The summed E-state index contributed by atoms with van der Waals surface area (Å²) in [5.74, 6) is 0.134. The summed E-state index contributed by atoms with van der Waals surface area (Å²) in [6, 6.07) is 5.95. The van der Waals surface area contributed by atoms with E-state index in [1.54, 1.807) is 7.11 Å². The lowest BCUT2D eigenvalue weighted by atomic mass is 9.96. The quantitative estimate of drug-likeness (QED) is 0.462. The molecule has 0 amide bonds. The number of hydrogen-bond acceptors (Lipinski definition) is 4. The average molecular weight is 329 g/mol. The van der Waals surface area contributed by atoms with Gasteiger partial charge in [-0.25, -0.2) is 0 Å². The first kappa shape index (κ1) is 18.4. The van der Waals surface area contributed by atoms with Gasteiger partial charge in [-0.3, -0.25) is 0 Å². The Balaban J connectivity index is 2.44. The van der Waals surface area contributed by atoms with Gasteiger partial charge < -0.3 is 14.0 Å². The predicted octanol–water partition coefficient (Wildman–Crippen LogP) is 5.31. The van der Waals surface area contributed by atoms with Crippen molar-refractivity contribution in [3.8, 4) is 0 Å². The Hall–Kier alpha value is -1.91. The van der Waals surface area contributed by atoms with Crippen LogP contribution in [0.2, 0.25) is 0 Å². The van der Waals surface area contributed by atoms with E-state index >= 15 is 0 Å². The molecule has 0 spiro atoms. The highest BCUT2D eigenvalue weighted by Crippen LogP contribution is 2.34. The van der Waals surface area contributed by atoms with Crippen molar-refractivity contribution in [2.24, 2.45) is 0 Å². The van der Waals surface area contributed by atoms with Crippen LogP contribution in [0.15, 0.2) is 47.5 Å². The van der Waals surface area contributed by atoms with Crippen LogP contribution in [0.4, 0.5) is 0 Å². The minimum absolute atomic E-state index is 0.0916. The number of benzene rings is 1. The van der Waals surface area contributed by atoms with Crippen LogP contribution in [0, 0.1) is 0 Å². The summed E-state index contributed by atoms with van der Waals surface area (Å²) in [6.07, 6.45) is 8.08. The molecule has 4 heteroatoms. The molecule has 0 aliphatic heterocycles. The van der Waals surface area contributed by atoms with Crippen molar-refractivity contribution >= 4 is 10.9 Å². The van der Waals surface area contributed by atoms with Gasteiger partial charge in [0.25, 0.3) is 0 Å². The summed E-state index contributed by atoms with van der Waals surface area (Å²) in [7, 11) is 1.65. The molecular formula is C20H27NO3. The van der Waals surface area contributed by atoms with Gasteiger partial charge in [-0.05, 0) is 38.8 Å². The molecule has 0 radical (unpaired) electrons. The lowest BCUT2D eigenvalue weighted by Gasteiger charge is -2.28. The number of methoxy groups -OCH3 is 1. The van der Waals surface area contributed by atoms with Gasteiger partial charge in [-0.1, -0.05) is 36.4 Å². The van der Waals surface area contributed by atoms with E-state index in [1.807, 2.05) is 38.1 Å². The summed E-state index contributed by atoms with van der Waals surface area (Å²) in [4.78, 5) is 0. The highest BCUT2D eigenvalue weighted by molar-refractivity contribution is 5.82. The first-order valence-electron chi connectivity index (χ1n) is 8.46. The van der Waals surface area contributed by atoms with E-state index in [0.717, 1.165) is 35.1 Å². The first-order chi connectivity index (χ1) is 11.6. The smallest absolute Gasteiger partial charge is 0.191 e. The zero-order chi connectivity index (χ0) is 17.6. The minimum atomic E-state index is -0.788. The zero-order valence-electron chi connectivity index (χ0n) is 15.0. The maximum absolute atomic E-state index is 5.79. The fourth-order valence-corrected chi connectivity index (χ4v) is 2.77. The van der Waals surface area contributed by atoms with Crippen molar-refractivity contribution in [3.05, 3.63) is 54.3 Å². The molecule has 0 aliphatic carbocycles. The Morgan fingerprint density at radius 1 is 1.33 bits per heavy atom. The van der Waals surface area contributed by atoms with Crippen LogP contribution in [0.25, 0.3) is 10.9 Å². The third-order valence-corrected chi connectivity index (χ3v) is 4.25. The van der Waals surface area contributed by atoms with Crippen molar-refractivity contribution in [1.29, 1.82) is 0 Å². The average Bonchev–Trinajstić information content (AvgIpc) is 3.02. The van der Waals surface area contributed by atoms with Gasteiger partial charge in [0.05, 0.1) is 0 Å². The fourth-order valence-electron chi connectivity index (χ4n) is 2.77. The SMILES string of the molecule is C=CC(C/C=C\CC)c1onc2ccc(C(C)(OC)OCC)cc12. The summed E-state index contributed by atoms with van der Waals surface area (Å²) in [5, 5.41) is 5.16. The van der Waals surface area contributed by atoms with Crippen molar-refractivity contribution in [3.63, 3.8) is 0 Å². The zero-order valence-corrected chi connectivity index (χ0v) is 15.0. The lowest BCUT2D eigenvalue weighted by molar-refractivity contribution is -0.216. The highest BCUT2D eigenvalue weighted by Gasteiger charge is 2.28. The Morgan fingerprint density at radius 2 is 2.12 bits per heavy atom. The molecular weight excluding hydrogens is 302 g/mol. The van der Waals surface area contributed by atoms with Gasteiger partial charge in [-0.2, -0.15) is 0 Å². The van der Waals surface area contributed by atoms with E-state index in [4.69, 9.17) is 14.0 Å². The van der Waals surface area contributed by atoms with Crippen LogP contribution in [0.1, 0.15) is 50.9 Å². The first-order valence-corrected chi connectivity index (χ1v) is 8.46. The Bertz CT molecular complexity index is 704. The number of allylic oxidation sites excluding steroid dienone is 3. The third-order valence-electron chi connectivity index (χ3n) is 4.25. The molecule has 2 rings (SSSR count). The lowest BCUT2D eigenvalue weighted by Crippen LogP contribution is -2.28. The largest absolute Gasteiger partial charge is 0.359 e. The maximum Gasteiger partial charge on any atom is 0.191 e. The molecule has 0 aliphatic rings. The fraction of sp³-hybridized carbons (Fsp3) is 0.450. The second-order valence-corrected chi connectivity index (χ2v) is 5.82. The minimum Gasteiger partial charge on any atom is -0.359 e. The molecule has 0 fully saturated rings. The van der Waals surface area contributed by atoms with E-state index in [9.17, 15) is 0 Å². The number of hydrogen-bond donors (Lipinski definition) is 0. The van der Waals surface area contributed by atoms with Gasteiger partial charge in [0.15, 0.2) is 11.5 Å².